The van der Waals surface area contributed by atoms with Crippen molar-refractivity contribution < 1.29 is 8.78 Å². The van der Waals surface area contributed by atoms with Crippen molar-refractivity contribution in [2.75, 3.05) is 20.1 Å². The van der Waals surface area contributed by atoms with Gasteiger partial charge in [0.2, 0.25) is 5.92 Å². The summed E-state index contributed by atoms with van der Waals surface area (Å²) in [5.74, 6) is -2.40. The molecule has 14 heavy (non-hydrogen) atoms. The lowest BCUT2D eigenvalue weighted by Crippen LogP contribution is -2.35. The third-order valence-corrected chi connectivity index (χ3v) is 3.52. The molecule has 0 radical (unpaired) electrons. The van der Waals surface area contributed by atoms with Crippen molar-refractivity contribution in [1.82, 2.24) is 10.2 Å². The van der Waals surface area contributed by atoms with Crippen molar-refractivity contribution in [2.45, 2.75) is 43.7 Å². The number of likely N-dealkylation sites (tertiary alicyclic amines) is 1. The highest BCUT2D eigenvalue weighted by atomic mass is 19.3. The molecule has 0 bridgehead atoms. The minimum absolute atomic E-state index is 0.0729. The third-order valence-electron chi connectivity index (χ3n) is 3.52. The van der Waals surface area contributed by atoms with E-state index in [1.807, 2.05) is 7.05 Å². The molecule has 1 heterocycles. The van der Waals surface area contributed by atoms with Crippen LogP contribution >= 0.6 is 0 Å². The van der Waals surface area contributed by atoms with Crippen LogP contribution in [0.2, 0.25) is 0 Å². The average molecular weight is 204 g/mol. The Morgan fingerprint density at radius 2 is 2.14 bits per heavy atom. The van der Waals surface area contributed by atoms with E-state index in [2.05, 4.69) is 10.2 Å². The van der Waals surface area contributed by atoms with Crippen LogP contribution in [0.5, 0.6) is 0 Å². The van der Waals surface area contributed by atoms with E-state index in [0.717, 1.165) is 19.5 Å². The van der Waals surface area contributed by atoms with Gasteiger partial charge < -0.3 is 5.32 Å². The second kappa shape index (κ2) is 3.74. The Balaban J connectivity index is 1.86. The Kier molecular flexibility index (Phi) is 2.75. The van der Waals surface area contributed by atoms with Crippen LogP contribution in [0.25, 0.3) is 0 Å². The fraction of sp³-hybridized carbons (Fsp3) is 1.00. The molecule has 1 saturated heterocycles. The van der Waals surface area contributed by atoms with Gasteiger partial charge in [-0.25, -0.2) is 8.78 Å². The fourth-order valence-electron chi connectivity index (χ4n) is 2.59. The summed E-state index contributed by atoms with van der Waals surface area (Å²) in [6.07, 6.45) is 1.92. The van der Waals surface area contributed by atoms with Gasteiger partial charge in [-0.05, 0) is 19.9 Å². The number of likely N-dealkylation sites (N-methyl/N-ethyl adjacent to an activating group) is 1. The van der Waals surface area contributed by atoms with E-state index < -0.39 is 5.92 Å². The van der Waals surface area contributed by atoms with Crippen molar-refractivity contribution >= 4 is 0 Å². The van der Waals surface area contributed by atoms with Crippen LogP contribution in [0.15, 0.2) is 0 Å². The van der Waals surface area contributed by atoms with Crippen molar-refractivity contribution in [2.24, 2.45) is 0 Å². The number of hydrogen-bond acceptors (Lipinski definition) is 2. The smallest absolute Gasteiger partial charge is 0.249 e. The second-order valence-electron chi connectivity index (χ2n) is 4.52. The third kappa shape index (κ3) is 2.06. The van der Waals surface area contributed by atoms with Crippen molar-refractivity contribution in [3.8, 4) is 0 Å². The maximum atomic E-state index is 13.0. The van der Waals surface area contributed by atoms with Crippen LogP contribution in [0.4, 0.5) is 8.78 Å². The molecule has 0 aromatic carbocycles. The molecule has 1 N–H and O–H groups in total. The molecule has 2 fully saturated rings. The number of alkyl halides is 2. The molecule has 1 aliphatic carbocycles. The Morgan fingerprint density at radius 3 is 2.64 bits per heavy atom. The molecule has 2 atom stereocenters. The van der Waals surface area contributed by atoms with E-state index in [0.29, 0.717) is 12.5 Å². The molecule has 2 unspecified atom stereocenters. The topological polar surface area (TPSA) is 15.3 Å². The number of rotatable bonds is 2. The molecule has 0 aromatic rings. The maximum Gasteiger partial charge on any atom is 0.249 e. The van der Waals surface area contributed by atoms with E-state index in [1.54, 1.807) is 0 Å². The van der Waals surface area contributed by atoms with Gasteiger partial charge in [-0.2, -0.15) is 0 Å². The zero-order valence-corrected chi connectivity index (χ0v) is 8.60. The standard InChI is InChI=1S/C10H18F2N2/c1-13-8-3-5-14(7-8)9-2-4-10(11,12)6-9/h8-9,13H,2-7H2,1H3. The first-order chi connectivity index (χ1) is 6.61. The summed E-state index contributed by atoms with van der Waals surface area (Å²) >= 11 is 0. The van der Waals surface area contributed by atoms with Gasteiger partial charge in [0, 0.05) is 38.0 Å². The van der Waals surface area contributed by atoms with E-state index >= 15 is 0 Å². The summed E-state index contributed by atoms with van der Waals surface area (Å²) in [4.78, 5) is 2.22. The average Bonchev–Trinajstić information content (AvgIpc) is 2.70. The van der Waals surface area contributed by atoms with Gasteiger partial charge in [0.15, 0.2) is 0 Å². The molecule has 82 valence electrons. The van der Waals surface area contributed by atoms with Gasteiger partial charge in [0.05, 0.1) is 0 Å². The molecule has 1 saturated carbocycles. The Labute approximate surface area is 83.7 Å². The van der Waals surface area contributed by atoms with Crippen LogP contribution < -0.4 is 5.32 Å². The van der Waals surface area contributed by atoms with Gasteiger partial charge in [0.25, 0.3) is 0 Å². The van der Waals surface area contributed by atoms with Gasteiger partial charge >= 0.3 is 0 Å². The summed E-state index contributed by atoms with van der Waals surface area (Å²) < 4.78 is 26.0. The molecular weight excluding hydrogens is 186 g/mol. The minimum atomic E-state index is -2.40. The largest absolute Gasteiger partial charge is 0.316 e. The summed E-state index contributed by atoms with van der Waals surface area (Å²) in [5, 5.41) is 3.21. The maximum absolute atomic E-state index is 13.0. The molecule has 1 aliphatic heterocycles. The summed E-state index contributed by atoms with van der Waals surface area (Å²) in [7, 11) is 1.94. The Hall–Kier alpha value is -0.220. The summed E-state index contributed by atoms with van der Waals surface area (Å²) in [6.45, 7) is 1.92. The molecule has 4 heteroatoms. The lowest BCUT2D eigenvalue weighted by molar-refractivity contribution is 0.00188. The first-order valence-corrected chi connectivity index (χ1v) is 5.40. The van der Waals surface area contributed by atoms with Crippen LogP contribution in [0, 0.1) is 0 Å². The normalized spacial score (nSPS) is 37.9. The number of hydrogen-bond donors (Lipinski definition) is 1. The predicted molar refractivity (Wildman–Crippen MR) is 51.6 cm³/mol. The predicted octanol–water partition coefficient (Wildman–Crippen LogP) is 1.47. The van der Waals surface area contributed by atoms with Crippen LogP contribution in [0.3, 0.4) is 0 Å². The molecular formula is C10H18F2N2. The van der Waals surface area contributed by atoms with Gasteiger partial charge in [-0.15, -0.1) is 0 Å². The second-order valence-corrected chi connectivity index (χ2v) is 4.52. The monoisotopic (exact) mass is 204 g/mol. The Bertz CT molecular complexity index is 208. The molecule has 2 rings (SSSR count). The summed E-state index contributed by atoms with van der Waals surface area (Å²) in [5.41, 5.74) is 0. The lowest BCUT2D eigenvalue weighted by atomic mass is 10.2. The van der Waals surface area contributed by atoms with Crippen molar-refractivity contribution in [1.29, 1.82) is 0 Å². The SMILES string of the molecule is CNC1CCN(C2CCC(F)(F)C2)C1. The number of nitrogens with zero attached hydrogens (tertiary/aromatic N) is 1. The van der Waals surface area contributed by atoms with E-state index in [1.165, 1.54) is 0 Å². The van der Waals surface area contributed by atoms with Crippen LogP contribution in [-0.2, 0) is 0 Å². The van der Waals surface area contributed by atoms with Gasteiger partial charge in [-0.3, -0.25) is 4.90 Å². The zero-order valence-electron chi connectivity index (χ0n) is 8.60. The summed E-state index contributed by atoms with van der Waals surface area (Å²) in [6, 6.07) is 0.632. The van der Waals surface area contributed by atoms with E-state index in [9.17, 15) is 8.78 Å². The minimum Gasteiger partial charge on any atom is -0.316 e. The molecule has 2 aliphatic rings. The molecule has 0 spiro atoms. The lowest BCUT2D eigenvalue weighted by Gasteiger charge is -2.23. The molecule has 2 nitrogen and oxygen atoms in total. The van der Waals surface area contributed by atoms with Crippen LogP contribution in [-0.4, -0.2) is 43.0 Å². The highest BCUT2D eigenvalue weighted by Gasteiger charge is 2.42. The Morgan fingerprint density at radius 1 is 1.36 bits per heavy atom. The molecule has 0 aromatic heterocycles. The first-order valence-electron chi connectivity index (χ1n) is 5.40. The highest BCUT2D eigenvalue weighted by molar-refractivity contribution is 4.92. The molecule has 0 amide bonds. The zero-order chi connectivity index (χ0) is 10.2. The first kappa shape index (κ1) is 10.3. The number of halogens is 2. The number of nitrogens with one attached hydrogen (secondary N) is 1. The van der Waals surface area contributed by atoms with Crippen molar-refractivity contribution in [3.05, 3.63) is 0 Å². The quantitative estimate of drug-likeness (QED) is 0.732. The highest BCUT2D eigenvalue weighted by Crippen LogP contribution is 2.38. The fourth-order valence-corrected chi connectivity index (χ4v) is 2.59. The van der Waals surface area contributed by atoms with E-state index in [4.69, 9.17) is 0 Å². The van der Waals surface area contributed by atoms with Crippen molar-refractivity contribution in [3.63, 3.8) is 0 Å². The van der Waals surface area contributed by atoms with Crippen LogP contribution in [0.1, 0.15) is 25.7 Å². The van der Waals surface area contributed by atoms with E-state index in [-0.39, 0.29) is 18.9 Å². The van der Waals surface area contributed by atoms with Gasteiger partial charge in [-0.1, -0.05) is 0 Å². The van der Waals surface area contributed by atoms with Gasteiger partial charge in [0.1, 0.15) is 0 Å².